The quantitative estimate of drug-likeness (QED) is 0.288. The molecular weight excluding hydrogens is 388 g/mol. The molecule has 0 atom stereocenters. The van der Waals surface area contributed by atoms with Gasteiger partial charge in [-0.3, -0.25) is 0 Å². The largest absolute Gasteiger partial charge is 0.508 e. The highest BCUT2D eigenvalue weighted by molar-refractivity contribution is 5.60. The van der Waals surface area contributed by atoms with Gasteiger partial charge in [-0.1, -0.05) is 149 Å². The van der Waals surface area contributed by atoms with Gasteiger partial charge in [0, 0.05) is 11.0 Å². The van der Waals surface area contributed by atoms with Crippen LogP contribution >= 0.6 is 0 Å². The molecule has 0 unspecified atom stereocenters. The van der Waals surface area contributed by atoms with E-state index in [1.165, 1.54) is 43.2 Å². The first-order valence-corrected chi connectivity index (χ1v) is 12.0. The lowest BCUT2D eigenvalue weighted by Gasteiger charge is -2.29. The van der Waals surface area contributed by atoms with Crippen LogP contribution in [0.2, 0.25) is 0 Å². The fourth-order valence-corrected chi connectivity index (χ4v) is 4.22. The second-order valence-electron chi connectivity index (χ2n) is 8.56. The molecule has 0 amide bonds. The summed E-state index contributed by atoms with van der Waals surface area (Å²) in [5.74, 6) is 0.355. The highest BCUT2D eigenvalue weighted by Gasteiger charge is 2.28. The molecule has 0 aliphatic carbocycles. The highest BCUT2D eigenvalue weighted by Crippen LogP contribution is 2.39. The number of aromatic hydroxyl groups is 1. The molecule has 0 fully saturated rings. The van der Waals surface area contributed by atoms with Crippen LogP contribution in [-0.2, 0) is 5.41 Å². The van der Waals surface area contributed by atoms with E-state index >= 15 is 0 Å². The Hall–Kier alpha value is -3.06. The van der Waals surface area contributed by atoms with Gasteiger partial charge in [-0.05, 0) is 23.6 Å². The molecule has 166 valence electrons. The van der Waals surface area contributed by atoms with Crippen LogP contribution in [0.5, 0.6) is 5.75 Å². The number of benzene rings is 3. The predicted molar refractivity (Wildman–Crippen MR) is 139 cm³/mol. The van der Waals surface area contributed by atoms with E-state index in [9.17, 15) is 5.11 Å². The second-order valence-corrected chi connectivity index (χ2v) is 8.56. The van der Waals surface area contributed by atoms with Crippen LogP contribution in [0.1, 0.15) is 68.6 Å². The van der Waals surface area contributed by atoms with E-state index < -0.39 is 0 Å². The summed E-state index contributed by atoms with van der Waals surface area (Å²) in [7, 11) is 0. The van der Waals surface area contributed by atoms with Gasteiger partial charge in [-0.15, -0.1) is 0 Å². The Bertz CT molecular complexity index is 920. The fraction of sp³-hybridized carbons (Fsp3) is 0.290. The molecule has 0 saturated heterocycles. The monoisotopic (exact) mass is 424 g/mol. The van der Waals surface area contributed by atoms with Crippen molar-refractivity contribution in [1.82, 2.24) is 0 Å². The molecule has 1 nitrogen and oxygen atoms in total. The lowest BCUT2D eigenvalue weighted by Crippen LogP contribution is -2.21. The Morgan fingerprint density at radius 1 is 0.625 bits per heavy atom. The van der Waals surface area contributed by atoms with Crippen LogP contribution in [0.15, 0.2) is 97.1 Å². The second kappa shape index (κ2) is 12.7. The SMILES string of the molecule is CCCCCCCCC(C=Cc1ccccc1)(C=Cc1ccccc1)c1ccccc1O. The first kappa shape index (κ1) is 23.6. The normalized spacial score (nSPS) is 13.5. The summed E-state index contributed by atoms with van der Waals surface area (Å²) in [6, 6.07) is 28.6. The van der Waals surface area contributed by atoms with Gasteiger partial charge < -0.3 is 5.11 Å². The smallest absolute Gasteiger partial charge is 0.119 e. The average Bonchev–Trinajstić information content (AvgIpc) is 2.84. The number of hydrogen-bond acceptors (Lipinski definition) is 1. The van der Waals surface area contributed by atoms with Gasteiger partial charge in [0.1, 0.15) is 5.75 Å². The Kier molecular flexibility index (Phi) is 9.37. The third kappa shape index (κ3) is 6.99. The molecule has 0 spiro atoms. The van der Waals surface area contributed by atoms with Gasteiger partial charge in [0.15, 0.2) is 0 Å². The fourth-order valence-electron chi connectivity index (χ4n) is 4.22. The van der Waals surface area contributed by atoms with Crippen LogP contribution in [0.3, 0.4) is 0 Å². The zero-order valence-corrected chi connectivity index (χ0v) is 19.3. The molecular formula is C31H36O. The van der Waals surface area contributed by atoms with Crippen molar-refractivity contribution in [2.45, 2.75) is 57.3 Å². The van der Waals surface area contributed by atoms with Gasteiger partial charge in [-0.2, -0.15) is 0 Å². The number of phenols is 1. The predicted octanol–water partition coefficient (Wildman–Crippen LogP) is 8.81. The maximum Gasteiger partial charge on any atom is 0.119 e. The molecule has 3 aromatic rings. The van der Waals surface area contributed by atoms with Crippen molar-refractivity contribution >= 4 is 12.2 Å². The van der Waals surface area contributed by atoms with E-state index in [0.717, 1.165) is 18.4 Å². The number of para-hydroxylation sites is 1. The Morgan fingerprint density at radius 2 is 1.12 bits per heavy atom. The topological polar surface area (TPSA) is 20.2 Å². The van der Waals surface area contributed by atoms with E-state index in [1.54, 1.807) is 6.07 Å². The van der Waals surface area contributed by atoms with E-state index in [4.69, 9.17) is 0 Å². The Labute approximate surface area is 194 Å². The number of phenolic OH excluding ortho intramolecular Hbond substituents is 1. The van der Waals surface area contributed by atoms with Crippen molar-refractivity contribution in [3.63, 3.8) is 0 Å². The first-order chi connectivity index (χ1) is 15.7. The highest BCUT2D eigenvalue weighted by atomic mass is 16.3. The summed E-state index contributed by atoms with van der Waals surface area (Å²) < 4.78 is 0. The molecule has 3 rings (SSSR count). The van der Waals surface area contributed by atoms with Crippen LogP contribution in [0.4, 0.5) is 0 Å². The number of unbranched alkanes of at least 4 members (excludes halogenated alkanes) is 5. The molecule has 0 aliphatic rings. The van der Waals surface area contributed by atoms with E-state index in [-0.39, 0.29) is 5.41 Å². The van der Waals surface area contributed by atoms with Gasteiger partial charge in [0.05, 0.1) is 0 Å². The van der Waals surface area contributed by atoms with Crippen LogP contribution in [0.25, 0.3) is 12.2 Å². The van der Waals surface area contributed by atoms with Crippen molar-refractivity contribution in [3.8, 4) is 5.75 Å². The summed E-state index contributed by atoms with van der Waals surface area (Å²) in [6.07, 6.45) is 17.4. The Morgan fingerprint density at radius 3 is 1.69 bits per heavy atom. The van der Waals surface area contributed by atoms with E-state index in [2.05, 4.69) is 85.8 Å². The molecule has 32 heavy (non-hydrogen) atoms. The van der Waals surface area contributed by atoms with Crippen molar-refractivity contribution in [1.29, 1.82) is 0 Å². The van der Waals surface area contributed by atoms with Gasteiger partial charge >= 0.3 is 0 Å². The molecule has 0 radical (unpaired) electrons. The minimum absolute atomic E-state index is 0.355. The summed E-state index contributed by atoms with van der Waals surface area (Å²) in [5.41, 5.74) is 2.93. The summed E-state index contributed by atoms with van der Waals surface area (Å²) in [5, 5.41) is 10.8. The molecule has 0 saturated carbocycles. The third-order valence-corrected chi connectivity index (χ3v) is 6.10. The van der Waals surface area contributed by atoms with Crippen LogP contribution in [0, 0.1) is 0 Å². The summed E-state index contributed by atoms with van der Waals surface area (Å²) >= 11 is 0. The summed E-state index contributed by atoms with van der Waals surface area (Å²) in [4.78, 5) is 0. The summed E-state index contributed by atoms with van der Waals surface area (Å²) in [6.45, 7) is 2.26. The van der Waals surface area contributed by atoms with Crippen LogP contribution < -0.4 is 0 Å². The average molecular weight is 425 g/mol. The minimum Gasteiger partial charge on any atom is -0.508 e. The van der Waals surface area contributed by atoms with Crippen molar-refractivity contribution in [3.05, 3.63) is 114 Å². The number of hydrogen-bond donors (Lipinski definition) is 1. The lowest BCUT2D eigenvalue weighted by atomic mass is 9.74. The molecule has 1 heteroatoms. The minimum atomic E-state index is -0.373. The third-order valence-electron chi connectivity index (χ3n) is 6.10. The van der Waals surface area contributed by atoms with Crippen molar-refractivity contribution < 1.29 is 5.11 Å². The van der Waals surface area contributed by atoms with Gasteiger partial charge in [0.25, 0.3) is 0 Å². The first-order valence-electron chi connectivity index (χ1n) is 12.0. The number of allylic oxidation sites excluding steroid dienone is 2. The van der Waals surface area contributed by atoms with E-state index in [1.807, 2.05) is 24.3 Å². The molecule has 0 bridgehead atoms. The van der Waals surface area contributed by atoms with Crippen molar-refractivity contribution in [2.75, 3.05) is 0 Å². The molecule has 1 N–H and O–H groups in total. The molecule has 3 aromatic carbocycles. The molecule has 0 aliphatic heterocycles. The van der Waals surface area contributed by atoms with Gasteiger partial charge in [-0.25, -0.2) is 0 Å². The standard InChI is InChI=1S/C31H36O/c1-2-3-4-5-6-15-24-31(29-20-13-14-21-30(29)32,25-22-27-16-9-7-10-17-27)26-23-28-18-11-8-12-19-28/h7-14,16-23,25-26,32H,2-6,15,24H2,1H3. The maximum atomic E-state index is 10.8. The zero-order chi connectivity index (χ0) is 22.5. The van der Waals surface area contributed by atoms with Crippen molar-refractivity contribution in [2.24, 2.45) is 0 Å². The lowest BCUT2D eigenvalue weighted by molar-refractivity contribution is 0.446. The molecule has 0 heterocycles. The van der Waals surface area contributed by atoms with E-state index in [0.29, 0.717) is 5.75 Å². The Balaban J connectivity index is 1.96. The van der Waals surface area contributed by atoms with Crippen LogP contribution in [-0.4, -0.2) is 5.11 Å². The number of rotatable bonds is 12. The zero-order valence-electron chi connectivity index (χ0n) is 19.3. The van der Waals surface area contributed by atoms with Gasteiger partial charge in [0.2, 0.25) is 0 Å². The maximum absolute atomic E-state index is 10.8. The molecule has 0 aromatic heterocycles.